The molecule has 1 N–H and O–H groups in total. The van der Waals surface area contributed by atoms with Crippen LogP contribution in [0.5, 0.6) is 5.75 Å². The Hall–Kier alpha value is -3.74. The van der Waals surface area contributed by atoms with Gasteiger partial charge in [0.2, 0.25) is 0 Å². The Bertz CT molecular complexity index is 1100. The van der Waals surface area contributed by atoms with E-state index in [4.69, 9.17) is 4.74 Å². The van der Waals surface area contributed by atoms with E-state index in [0.717, 1.165) is 22.7 Å². The smallest absolute Gasteiger partial charge is 0.177 e. The van der Waals surface area contributed by atoms with E-state index in [1.54, 1.807) is 13.4 Å². The maximum absolute atomic E-state index is 5.19. The van der Waals surface area contributed by atoms with Gasteiger partial charge in [0, 0.05) is 0 Å². The number of aromatic nitrogens is 4. The number of anilines is 1. The third-order valence-electron chi connectivity index (χ3n) is 4.43. The quantitative estimate of drug-likeness (QED) is 0.412. The van der Waals surface area contributed by atoms with Gasteiger partial charge < -0.3 is 9.30 Å². The summed E-state index contributed by atoms with van der Waals surface area (Å²) in [6.45, 7) is 2.63. The van der Waals surface area contributed by atoms with Crippen molar-refractivity contribution in [3.05, 3.63) is 78.4 Å². The van der Waals surface area contributed by atoms with Gasteiger partial charge in [0.15, 0.2) is 17.0 Å². The summed E-state index contributed by atoms with van der Waals surface area (Å²) < 4.78 is 7.19. The Labute approximate surface area is 162 Å². The number of benzene rings is 2. The van der Waals surface area contributed by atoms with E-state index in [0.29, 0.717) is 17.9 Å². The second-order valence-electron chi connectivity index (χ2n) is 6.29. The highest BCUT2D eigenvalue weighted by atomic mass is 16.5. The van der Waals surface area contributed by atoms with Crippen LogP contribution in [0.25, 0.3) is 11.2 Å². The number of fused-ring (bicyclic) bond motifs is 1. The molecule has 28 heavy (non-hydrogen) atoms. The molecule has 4 rings (SSSR count). The molecular weight excluding hydrogens is 352 g/mol. The average Bonchev–Trinajstić information content (AvgIpc) is 3.16. The van der Waals surface area contributed by atoms with Gasteiger partial charge >= 0.3 is 0 Å². The lowest BCUT2D eigenvalue weighted by Gasteiger charge is -2.06. The largest absolute Gasteiger partial charge is 0.497 e. The van der Waals surface area contributed by atoms with Crippen LogP contribution in [0.4, 0.5) is 5.82 Å². The van der Waals surface area contributed by atoms with Crippen LogP contribution in [0.15, 0.2) is 72.4 Å². The fraction of sp³-hybridized carbons (Fsp3) is 0.143. The van der Waals surface area contributed by atoms with Crippen LogP contribution in [-0.4, -0.2) is 32.3 Å². The van der Waals surface area contributed by atoms with E-state index in [9.17, 15) is 0 Å². The first-order valence-electron chi connectivity index (χ1n) is 8.89. The lowest BCUT2D eigenvalue weighted by Crippen LogP contribution is -2.03. The Kier molecular flexibility index (Phi) is 4.97. The van der Waals surface area contributed by atoms with Crippen molar-refractivity contribution < 1.29 is 4.74 Å². The van der Waals surface area contributed by atoms with Gasteiger partial charge in [0.25, 0.3) is 0 Å². The molecule has 2 heterocycles. The minimum absolute atomic E-state index is 0.574. The SMILES string of the molecule is COc1ccc(C(C)=NNc2ncnc3c2ncn3Cc2ccccc2)cc1. The molecule has 0 atom stereocenters. The van der Waals surface area contributed by atoms with Crippen LogP contribution in [0.2, 0.25) is 0 Å². The number of rotatable bonds is 6. The minimum Gasteiger partial charge on any atom is -0.497 e. The first-order chi connectivity index (χ1) is 13.7. The summed E-state index contributed by atoms with van der Waals surface area (Å²) in [5.74, 6) is 1.38. The van der Waals surface area contributed by atoms with E-state index >= 15 is 0 Å². The zero-order valence-corrected chi connectivity index (χ0v) is 15.7. The average molecular weight is 372 g/mol. The van der Waals surface area contributed by atoms with Crippen molar-refractivity contribution in [1.29, 1.82) is 0 Å². The molecule has 140 valence electrons. The highest BCUT2D eigenvalue weighted by Gasteiger charge is 2.10. The Balaban J connectivity index is 1.57. The van der Waals surface area contributed by atoms with Crippen LogP contribution in [0.3, 0.4) is 0 Å². The Morgan fingerprint density at radius 3 is 2.57 bits per heavy atom. The standard InChI is InChI=1S/C21H20N6O/c1-15(17-8-10-18(28-2)11-9-17)25-26-20-19-21(23-13-22-20)27(14-24-19)12-16-6-4-3-5-7-16/h3-11,13-14H,12H2,1-2H3,(H,22,23,26). The second-order valence-corrected chi connectivity index (χ2v) is 6.29. The molecule has 0 aliphatic heterocycles. The third kappa shape index (κ3) is 3.68. The van der Waals surface area contributed by atoms with Gasteiger partial charge in [0.1, 0.15) is 12.1 Å². The molecule has 2 aromatic heterocycles. The second kappa shape index (κ2) is 7.87. The van der Waals surface area contributed by atoms with Crippen molar-refractivity contribution in [1.82, 2.24) is 19.5 Å². The summed E-state index contributed by atoms with van der Waals surface area (Å²) in [4.78, 5) is 13.2. The number of imidazole rings is 1. The highest BCUT2D eigenvalue weighted by Crippen LogP contribution is 2.19. The predicted octanol–water partition coefficient (Wildman–Crippen LogP) is 3.72. The van der Waals surface area contributed by atoms with Crippen LogP contribution in [-0.2, 0) is 6.54 Å². The number of methoxy groups -OCH3 is 1. The summed E-state index contributed by atoms with van der Waals surface area (Å²) in [5, 5.41) is 4.45. The summed E-state index contributed by atoms with van der Waals surface area (Å²) in [5.41, 5.74) is 7.48. The first kappa shape index (κ1) is 17.7. The zero-order valence-electron chi connectivity index (χ0n) is 15.7. The zero-order chi connectivity index (χ0) is 19.3. The molecule has 0 bridgehead atoms. The predicted molar refractivity (Wildman–Crippen MR) is 110 cm³/mol. The Morgan fingerprint density at radius 2 is 1.82 bits per heavy atom. The molecule has 0 unspecified atom stereocenters. The van der Waals surface area contributed by atoms with Crippen LogP contribution in [0.1, 0.15) is 18.1 Å². The summed E-state index contributed by atoms with van der Waals surface area (Å²) in [6.07, 6.45) is 3.30. The first-order valence-corrected chi connectivity index (χ1v) is 8.89. The van der Waals surface area contributed by atoms with Crippen molar-refractivity contribution in [2.45, 2.75) is 13.5 Å². The molecule has 0 saturated carbocycles. The van der Waals surface area contributed by atoms with Gasteiger partial charge in [-0.3, -0.25) is 5.43 Å². The van der Waals surface area contributed by atoms with Gasteiger partial charge in [-0.1, -0.05) is 30.3 Å². The van der Waals surface area contributed by atoms with Gasteiger partial charge in [0.05, 0.1) is 25.7 Å². The van der Waals surface area contributed by atoms with E-state index in [-0.39, 0.29) is 0 Å². The molecule has 2 aromatic carbocycles. The lowest BCUT2D eigenvalue weighted by molar-refractivity contribution is 0.415. The normalized spacial score (nSPS) is 11.6. The van der Waals surface area contributed by atoms with Crippen molar-refractivity contribution in [2.75, 3.05) is 12.5 Å². The van der Waals surface area contributed by atoms with Crippen molar-refractivity contribution in [3.63, 3.8) is 0 Å². The number of nitrogens with zero attached hydrogens (tertiary/aromatic N) is 5. The third-order valence-corrected chi connectivity index (χ3v) is 4.43. The van der Waals surface area contributed by atoms with E-state index < -0.39 is 0 Å². The van der Waals surface area contributed by atoms with E-state index in [1.165, 1.54) is 11.9 Å². The van der Waals surface area contributed by atoms with Crippen LogP contribution < -0.4 is 10.2 Å². The van der Waals surface area contributed by atoms with Crippen LogP contribution in [0, 0.1) is 0 Å². The minimum atomic E-state index is 0.574. The van der Waals surface area contributed by atoms with Crippen LogP contribution >= 0.6 is 0 Å². The van der Waals surface area contributed by atoms with Gasteiger partial charge in [-0.25, -0.2) is 15.0 Å². The maximum Gasteiger partial charge on any atom is 0.177 e. The fourth-order valence-corrected chi connectivity index (χ4v) is 2.89. The van der Waals surface area contributed by atoms with Gasteiger partial charge in [-0.05, 0) is 42.3 Å². The molecule has 0 saturated heterocycles. The molecule has 7 heteroatoms. The summed E-state index contributed by atoms with van der Waals surface area (Å²) in [7, 11) is 1.65. The van der Waals surface area contributed by atoms with E-state index in [2.05, 4.69) is 37.6 Å². The monoisotopic (exact) mass is 372 g/mol. The van der Waals surface area contributed by atoms with E-state index in [1.807, 2.05) is 54.0 Å². The Morgan fingerprint density at radius 1 is 1.04 bits per heavy atom. The van der Waals surface area contributed by atoms with Gasteiger partial charge in [-0.2, -0.15) is 5.10 Å². The number of nitrogens with one attached hydrogen (secondary N) is 1. The number of hydrazone groups is 1. The van der Waals surface area contributed by atoms with Crippen molar-refractivity contribution in [3.8, 4) is 5.75 Å². The number of hydrogen-bond donors (Lipinski definition) is 1. The summed E-state index contributed by atoms with van der Waals surface area (Å²) >= 11 is 0. The molecule has 7 nitrogen and oxygen atoms in total. The molecule has 0 aliphatic carbocycles. The molecule has 4 aromatic rings. The molecular formula is C21H20N6O. The molecule has 0 aliphatic rings. The number of hydrogen-bond acceptors (Lipinski definition) is 6. The maximum atomic E-state index is 5.19. The molecule has 0 spiro atoms. The lowest BCUT2D eigenvalue weighted by atomic mass is 10.1. The van der Waals surface area contributed by atoms with Crippen molar-refractivity contribution >= 4 is 22.7 Å². The fourth-order valence-electron chi connectivity index (χ4n) is 2.89. The molecule has 0 amide bonds. The van der Waals surface area contributed by atoms with Gasteiger partial charge in [-0.15, -0.1) is 0 Å². The number of ether oxygens (including phenoxy) is 1. The topological polar surface area (TPSA) is 77.2 Å². The molecule has 0 fully saturated rings. The van der Waals surface area contributed by atoms with Crippen molar-refractivity contribution in [2.24, 2.45) is 5.10 Å². The highest BCUT2D eigenvalue weighted by molar-refractivity contribution is 5.99. The molecule has 0 radical (unpaired) electrons. The summed E-state index contributed by atoms with van der Waals surface area (Å²) in [6, 6.07) is 17.9.